The van der Waals surface area contributed by atoms with E-state index in [-0.39, 0.29) is 12.0 Å². The summed E-state index contributed by atoms with van der Waals surface area (Å²) in [5, 5.41) is -0.553. The Morgan fingerprint density at radius 3 is 2.78 bits per heavy atom. The van der Waals surface area contributed by atoms with Gasteiger partial charge >= 0.3 is 0 Å². The second-order valence-corrected chi connectivity index (χ2v) is 9.43. The quantitative estimate of drug-likeness (QED) is 0.706. The number of fused-ring (bicyclic) bond motifs is 1. The van der Waals surface area contributed by atoms with Crippen LogP contribution in [0.5, 0.6) is 5.75 Å². The van der Waals surface area contributed by atoms with Crippen LogP contribution in [-0.2, 0) is 14.8 Å². The van der Waals surface area contributed by atoms with Gasteiger partial charge < -0.3 is 14.4 Å². The van der Waals surface area contributed by atoms with Crippen molar-refractivity contribution in [2.75, 3.05) is 32.8 Å². The second kappa shape index (κ2) is 6.61. The number of likely N-dealkylation sites (N-methyl/N-ethyl adjacent to an activating group) is 1. The summed E-state index contributed by atoms with van der Waals surface area (Å²) in [4.78, 5) is 14.7. The van der Waals surface area contributed by atoms with Crippen molar-refractivity contribution < 1.29 is 22.7 Å². The molecular formula is C19H24N2O5S. The molecule has 3 saturated heterocycles. The Labute approximate surface area is 159 Å². The highest BCUT2D eigenvalue weighted by molar-refractivity contribution is 7.90. The molecule has 8 heteroatoms. The highest BCUT2D eigenvalue weighted by atomic mass is 32.2. The Hall–Kier alpha value is -1.90. The van der Waals surface area contributed by atoms with Gasteiger partial charge in [0.1, 0.15) is 23.2 Å². The van der Waals surface area contributed by atoms with Crippen LogP contribution in [0, 0.1) is 0 Å². The van der Waals surface area contributed by atoms with E-state index in [0.29, 0.717) is 50.5 Å². The van der Waals surface area contributed by atoms with Gasteiger partial charge in [-0.2, -0.15) is 4.31 Å². The number of carbonyl (C=O) groups is 1. The summed E-state index contributed by atoms with van der Waals surface area (Å²) >= 11 is 0. The number of benzene rings is 1. The zero-order chi connectivity index (χ0) is 19.2. The molecule has 1 spiro atoms. The normalized spacial score (nSPS) is 31.5. The molecule has 0 unspecified atom stereocenters. The Morgan fingerprint density at radius 2 is 2.11 bits per heavy atom. The number of hydrogen-bond donors (Lipinski definition) is 0. The first-order chi connectivity index (χ1) is 12.9. The molecule has 3 atom stereocenters. The van der Waals surface area contributed by atoms with E-state index in [9.17, 15) is 13.2 Å². The fourth-order valence-corrected chi connectivity index (χ4v) is 6.75. The van der Waals surface area contributed by atoms with Gasteiger partial charge in [-0.05, 0) is 30.7 Å². The van der Waals surface area contributed by atoms with Gasteiger partial charge in [0.15, 0.2) is 0 Å². The van der Waals surface area contributed by atoms with Crippen LogP contribution in [0.15, 0.2) is 36.9 Å². The summed E-state index contributed by atoms with van der Waals surface area (Å²) in [7, 11) is -3.36. The first kappa shape index (κ1) is 18.5. The first-order valence-corrected chi connectivity index (χ1v) is 10.7. The van der Waals surface area contributed by atoms with Crippen molar-refractivity contribution in [1.82, 2.24) is 9.21 Å². The van der Waals surface area contributed by atoms with E-state index in [1.807, 2.05) is 6.92 Å². The largest absolute Gasteiger partial charge is 0.490 e. The van der Waals surface area contributed by atoms with E-state index in [2.05, 4.69) is 6.58 Å². The second-order valence-electron chi connectivity index (χ2n) is 7.31. The lowest BCUT2D eigenvalue weighted by molar-refractivity contribution is -0.0974. The van der Waals surface area contributed by atoms with Crippen LogP contribution in [0.25, 0.3) is 0 Å². The molecule has 4 rings (SSSR count). The number of rotatable bonds is 5. The van der Waals surface area contributed by atoms with Gasteiger partial charge in [-0.1, -0.05) is 19.6 Å². The molecule has 0 aromatic heterocycles. The van der Waals surface area contributed by atoms with E-state index >= 15 is 0 Å². The number of carbonyl (C=O) groups excluding carboxylic acids is 1. The molecule has 0 radical (unpaired) electrons. The monoisotopic (exact) mass is 392 g/mol. The third kappa shape index (κ3) is 2.96. The third-order valence-electron chi connectivity index (χ3n) is 5.62. The maximum absolute atomic E-state index is 13.0. The Balaban J connectivity index is 1.53. The molecular weight excluding hydrogens is 368 g/mol. The highest BCUT2D eigenvalue weighted by Crippen LogP contribution is 2.46. The van der Waals surface area contributed by atoms with Gasteiger partial charge in [-0.15, -0.1) is 0 Å². The molecule has 3 aliphatic heterocycles. The molecule has 2 bridgehead atoms. The molecule has 0 saturated carbocycles. The number of ether oxygens (including phenoxy) is 2. The SMILES string of the molecule is C=CCOc1ccc(C(=O)N2C[C@H]3C[C@H]4[C@](C2)(CN(CC)S4(=O)=O)O3)cc1. The molecule has 146 valence electrons. The summed E-state index contributed by atoms with van der Waals surface area (Å²) in [6.45, 7) is 7.32. The van der Waals surface area contributed by atoms with Crippen molar-refractivity contribution in [3.05, 3.63) is 42.5 Å². The molecule has 0 N–H and O–H groups in total. The van der Waals surface area contributed by atoms with E-state index in [0.717, 1.165) is 0 Å². The predicted octanol–water partition coefficient (Wildman–Crippen LogP) is 1.27. The molecule has 7 nitrogen and oxygen atoms in total. The van der Waals surface area contributed by atoms with E-state index in [1.165, 1.54) is 4.31 Å². The minimum absolute atomic E-state index is 0.106. The van der Waals surface area contributed by atoms with Gasteiger partial charge in [0, 0.05) is 25.2 Å². The lowest BCUT2D eigenvalue weighted by atomic mass is 9.99. The Bertz CT molecular complexity index is 853. The Kier molecular flexibility index (Phi) is 4.52. The summed E-state index contributed by atoms with van der Waals surface area (Å²) in [6.07, 6.45) is 1.89. The van der Waals surface area contributed by atoms with Crippen LogP contribution in [0.1, 0.15) is 23.7 Å². The molecule has 1 aromatic rings. The summed E-state index contributed by atoms with van der Waals surface area (Å²) in [5.74, 6) is 0.568. The van der Waals surface area contributed by atoms with Crippen LogP contribution in [0.3, 0.4) is 0 Å². The zero-order valence-electron chi connectivity index (χ0n) is 15.3. The summed E-state index contributed by atoms with van der Waals surface area (Å²) in [6, 6.07) is 6.98. The number of amides is 1. The van der Waals surface area contributed by atoms with Crippen LogP contribution < -0.4 is 4.74 Å². The number of likely N-dealkylation sites (tertiary alicyclic amines) is 1. The number of sulfonamides is 1. The van der Waals surface area contributed by atoms with Crippen molar-refractivity contribution in [1.29, 1.82) is 0 Å². The smallest absolute Gasteiger partial charge is 0.254 e. The van der Waals surface area contributed by atoms with E-state index in [1.54, 1.807) is 35.2 Å². The van der Waals surface area contributed by atoms with Crippen LogP contribution in [-0.4, -0.2) is 73.3 Å². The molecule has 3 fully saturated rings. The molecule has 3 aliphatic rings. The van der Waals surface area contributed by atoms with E-state index in [4.69, 9.17) is 9.47 Å². The van der Waals surface area contributed by atoms with Crippen molar-refractivity contribution in [3.63, 3.8) is 0 Å². The summed E-state index contributed by atoms with van der Waals surface area (Å²) < 4.78 is 38.5. The molecule has 1 amide bonds. The van der Waals surface area contributed by atoms with Crippen molar-refractivity contribution in [3.8, 4) is 5.75 Å². The van der Waals surface area contributed by atoms with Gasteiger partial charge in [0.2, 0.25) is 10.0 Å². The van der Waals surface area contributed by atoms with Gasteiger partial charge in [0.05, 0.1) is 12.6 Å². The van der Waals surface area contributed by atoms with Crippen molar-refractivity contribution in [2.24, 2.45) is 0 Å². The minimum atomic E-state index is -3.36. The molecule has 3 heterocycles. The molecule has 27 heavy (non-hydrogen) atoms. The van der Waals surface area contributed by atoms with Gasteiger partial charge in [-0.25, -0.2) is 8.42 Å². The number of morpholine rings is 1. The molecule has 0 aliphatic carbocycles. The van der Waals surface area contributed by atoms with Crippen molar-refractivity contribution in [2.45, 2.75) is 30.3 Å². The molecule has 1 aromatic carbocycles. The Morgan fingerprint density at radius 1 is 1.37 bits per heavy atom. The highest BCUT2D eigenvalue weighted by Gasteiger charge is 2.65. The number of nitrogens with zero attached hydrogens (tertiary/aromatic N) is 2. The fraction of sp³-hybridized carbons (Fsp3) is 0.526. The standard InChI is InChI=1S/C19H24N2O5S/c1-3-9-25-15-7-5-14(6-8-15)18(22)20-11-16-10-17-19(12-20,26-16)13-21(4-2)27(17,23)24/h3,5-8,16-17H,1,4,9-13H2,2H3/t16-,17+,19+/m1/s1. The van der Waals surface area contributed by atoms with Gasteiger partial charge in [-0.3, -0.25) is 4.79 Å². The van der Waals surface area contributed by atoms with Crippen LogP contribution in [0.4, 0.5) is 0 Å². The zero-order valence-corrected chi connectivity index (χ0v) is 16.2. The van der Waals surface area contributed by atoms with Crippen LogP contribution >= 0.6 is 0 Å². The lowest BCUT2D eigenvalue weighted by Crippen LogP contribution is -2.56. The van der Waals surface area contributed by atoms with E-state index < -0.39 is 20.9 Å². The summed E-state index contributed by atoms with van der Waals surface area (Å²) in [5.41, 5.74) is -0.246. The fourth-order valence-electron chi connectivity index (χ4n) is 4.42. The average Bonchev–Trinajstić information content (AvgIpc) is 3.04. The lowest BCUT2D eigenvalue weighted by Gasteiger charge is -2.39. The van der Waals surface area contributed by atoms with Crippen molar-refractivity contribution >= 4 is 15.9 Å². The third-order valence-corrected chi connectivity index (χ3v) is 8.07. The predicted molar refractivity (Wildman–Crippen MR) is 100 cm³/mol. The maximum atomic E-state index is 13.0. The topological polar surface area (TPSA) is 76.2 Å². The first-order valence-electron chi connectivity index (χ1n) is 9.19. The maximum Gasteiger partial charge on any atom is 0.254 e. The average molecular weight is 392 g/mol. The van der Waals surface area contributed by atoms with Crippen LogP contribution in [0.2, 0.25) is 0 Å². The number of hydrogen-bond acceptors (Lipinski definition) is 5. The minimum Gasteiger partial charge on any atom is -0.490 e. The van der Waals surface area contributed by atoms with Gasteiger partial charge in [0.25, 0.3) is 5.91 Å².